The van der Waals surface area contributed by atoms with Crippen LogP contribution in [0.15, 0.2) is 23.7 Å². The van der Waals surface area contributed by atoms with Gasteiger partial charge >= 0.3 is 0 Å². The molecule has 2 heterocycles. The average Bonchev–Trinajstić information content (AvgIpc) is 3.20. The van der Waals surface area contributed by atoms with Crippen LogP contribution in [0.1, 0.15) is 54.8 Å². The first-order valence-electron chi connectivity index (χ1n) is 8.06. The van der Waals surface area contributed by atoms with E-state index < -0.39 is 0 Å². The molecule has 2 aromatic heterocycles. The van der Waals surface area contributed by atoms with Gasteiger partial charge in [0, 0.05) is 36.3 Å². The topological polar surface area (TPSA) is 29.9 Å². The van der Waals surface area contributed by atoms with Gasteiger partial charge in [-0.1, -0.05) is 25.8 Å². The van der Waals surface area contributed by atoms with Crippen molar-refractivity contribution in [2.75, 3.05) is 0 Å². The molecule has 0 spiro atoms. The van der Waals surface area contributed by atoms with Crippen molar-refractivity contribution in [3.8, 4) is 0 Å². The van der Waals surface area contributed by atoms with Gasteiger partial charge in [-0.05, 0) is 36.6 Å². The van der Waals surface area contributed by atoms with Crippen LogP contribution in [0.2, 0.25) is 0 Å². The molecule has 1 atom stereocenters. The number of hydrogen-bond donors (Lipinski definition) is 1. The first-order valence-corrected chi connectivity index (χ1v) is 8.94. The maximum Gasteiger partial charge on any atom is 0.0666 e. The Kier molecular flexibility index (Phi) is 4.76. The number of aromatic nitrogens is 2. The minimum absolute atomic E-state index is 0.511. The normalized spacial score (nSPS) is 17.4. The molecule has 1 fully saturated rings. The highest BCUT2D eigenvalue weighted by Crippen LogP contribution is 2.37. The second-order valence-corrected chi connectivity index (χ2v) is 7.03. The van der Waals surface area contributed by atoms with Crippen LogP contribution < -0.4 is 5.32 Å². The van der Waals surface area contributed by atoms with Crippen molar-refractivity contribution < 1.29 is 0 Å². The van der Waals surface area contributed by atoms with Crippen molar-refractivity contribution in [3.05, 3.63) is 39.8 Å². The molecule has 1 unspecified atom stereocenters. The molecule has 114 valence electrons. The van der Waals surface area contributed by atoms with E-state index in [1.807, 2.05) is 23.1 Å². The Bertz CT molecular complexity index is 553. The molecule has 2 aromatic rings. The van der Waals surface area contributed by atoms with Gasteiger partial charge in [0.15, 0.2) is 0 Å². The molecule has 1 N–H and O–H groups in total. The molecular weight excluding hydrogens is 278 g/mol. The summed E-state index contributed by atoms with van der Waals surface area (Å²) in [5.41, 5.74) is 2.57. The number of thiophene rings is 1. The van der Waals surface area contributed by atoms with Gasteiger partial charge in [0.1, 0.15) is 0 Å². The van der Waals surface area contributed by atoms with E-state index in [-0.39, 0.29) is 0 Å². The first-order chi connectivity index (χ1) is 10.3. The van der Waals surface area contributed by atoms with E-state index in [1.165, 1.54) is 41.8 Å². The molecule has 0 radical (unpaired) electrons. The maximum absolute atomic E-state index is 4.55. The molecule has 3 nitrogen and oxygen atoms in total. The molecule has 1 aliphatic carbocycles. The summed E-state index contributed by atoms with van der Waals surface area (Å²) in [5.74, 6) is 0.797. The van der Waals surface area contributed by atoms with Crippen LogP contribution in [0, 0.1) is 5.92 Å². The fourth-order valence-corrected chi connectivity index (χ4v) is 4.40. The molecule has 0 amide bonds. The van der Waals surface area contributed by atoms with Crippen molar-refractivity contribution in [1.82, 2.24) is 15.1 Å². The molecule has 0 saturated heterocycles. The van der Waals surface area contributed by atoms with E-state index in [9.17, 15) is 0 Å². The summed E-state index contributed by atoms with van der Waals surface area (Å²) in [7, 11) is 2.01. The lowest BCUT2D eigenvalue weighted by Crippen LogP contribution is -2.26. The van der Waals surface area contributed by atoms with Gasteiger partial charge in [-0.2, -0.15) is 5.10 Å². The molecule has 0 aliphatic heterocycles. The molecule has 3 rings (SSSR count). The monoisotopic (exact) mass is 303 g/mol. The van der Waals surface area contributed by atoms with Gasteiger partial charge in [-0.25, -0.2) is 0 Å². The van der Waals surface area contributed by atoms with E-state index in [1.54, 1.807) is 0 Å². The molecule has 1 saturated carbocycles. The Balaban J connectivity index is 1.72. The summed E-state index contributed by atoms with van der Waals surface area (Å²) >= 11 is 1.88. The second kappa shape index (κ2) is 6.75. The van der Waals surface area contributed by atoms with Crippen molar-refractivity contribution >= 4 is 11.3 Å². The number of rotatable bonds is 6. The molecule has 0 aromatic carbocycles. The van der Waals surface area contributed by atoms with E-state index >= 15 is 0 Å². The highest BCUT2D eigenvalue weighted by Gasteiger charge is 2.26. The highest BCUT2D eigenvalue weighted by atomic mass is 32.1. The molecule has 1 aliphatic rings. The largest absolute Gasteiger partial charge is 0.305 e. The summed E-state index contributed by atoms with van der Waals surface area (Å²) in [6, 6.07) is 4.97. The molecule has 21 heavy (non-hydrogen) atoms. The van der Waals surface area contributed by atoms with Gasteiger partial charge in [0.25, 0.3) is 0 Å². The van der Waals surface area contributed by atoms with Crippen molar-refractivity contribution in [2.24, 2.45) is 13.0 Å². The smallest absolute Gasteiger partial charge is 0.0666 e. The van der Waals surface area contributed by atoms with E-state index in [0.29, 0.717) is 6.04 Å². The fourth-order valence-electron chi connectivity index (χ4n) is 3.51. The lowest BCUT2D eigenvalue weighted by Gasteiger charge is -2.24. The van der Waals surface area contributed by atoms with Gasteiger partial charge in [0.05, 0.1) is 5.69 Å². The van der Waals surface area contributed by atoms with Gasteiger partial charge in [0.2, 0.25) is 0 Å². The number of nitrogens with one attached hydrogen (secondary N) is 1. The average molecular weight is 303 g/mol. The lowest BCUT2D eigenvalue weighted by atomic mass is 9.96. The van der Waals surface area contributed by atoms with E-state index in [4.69, 9.17) is 0 Å². The third kappa shape index (κ3) is 3.38. The van der Waals surface area contributed by atoms with Crippen LogP contribution in [0.3, 0.4) is 0 Å². The van der Waals surface area contributed by atoms with E-state index in [2.05, 4.69) is 41.0 Å². The Labute approximate surface area is 131 Å². The summed E-state index contributed by atoms with van der Waals surface area (Å²) in [6.45, 7) is 3.11. The molecule has 4 heteroatoms. The Morgan fingerprint density at radius 1 is 1.43 bits per heavy atom. The van der Waals surface area contributed by atoms with Crippen LogP contribution in [0.4, 0.5) is 0 Å². The molecular formula is C17H25N3S. The standard InChI is InChI=1S/C17H25N3S/c1-3-15-14(12-20(2)19-15)11-18-17(13-7-4-5-8-13)16-9-6-10-21-16/h6,9-10,12-13,17-18H,3-5,7-8,11H2,1-2H3. The van der Waals surface area contributed by atoms with Gasteiger partial charge in [-0.3, -0.25) is 4.68 Å². The Hall–Kier alpha value is -1.13. The number of hydrogen-bond acceptors (Lipinski definition) is 3. The number of aryl methyl sites for hydroxylation is 2. The van der Waals surface area contributed by atoms with Crippen molar-refractivity contribution in [1.29, 1.82) is 0 Å². The SMILES string of the molecule is CCc1nn(C)cc1CNC(c1cccs1)C1CCCC1. The van der Waals surface area contributed by atoms with Crippen molar-refractivity contribution in [2.45, 2.75) is 51.6 Å². The van der Waals surface area contributed by atoms with E-state index in [0.717, 1.165) is 18.9 Å². The number of nitrogens with zero attached hydrogens (tertiary/aromatic N) is 2. The third-order valence-corrected chi connectivity index (χ3v) is 5.52. The fraction of sp³-hybridized carbons (Fsp3) is 0.588. The van der Waals surface area contributed by atoms with Crippen LogP contribution >= 0.6 is 11.3 Å². The van der Waals surface area contributed by atoms with Crippen LogP contribution in [-0.4, -0.2) is 9.78 Å². The quantitative estimate of drug-likeness (QED) is 0.872. The van der Waals surface area contributed by atoms with Gasteiger partial charge in [-0.15, -0.1) is 11.3 Å². The zero-order valence-electron chi connectivity index (χ0n) is 13.0. The summed E-state index contributed by atoms with van der Waals surface area (Å²) < 4.78 is 1.94. The minimum atomic E-state index is 0.511. The van der Waals surface area contributed by atoms with Crippen LogP contribution in [0.25, 0.3) is 0 Å². The zero-order chi connectivity index (χ0) is 14.7. The second-order valence-electron chi connectivity index (χ2n) is 6.05. The van der Waals surface area contributed by atoms with Crippen LogP contribution in [0.5, 0.6) is 0 Å². The van der Waals surface area contributed by atoms with Crippen LogP contribution in [-0.2, 0) is 20.0 Å². The highest BCUT2D eigenvalue weighted by molar-refractivity contribution is 7.10. The van der Waals surface area contributed by atoms with Gasteiger partial charge < -0.3 is 5.32 Å². The maximum atomic E-state index is 4.55. The summed E-state index contributed by atoms with van der Waals surface area (Å²) in [5, 5.41) is 10.6. The lowest BCUT2D eigenvalue weighted by molar-refractivity contribution is 0.370. The van der Waals surface area contributed by atoms with Crippen molar-refractivity contribution in [3.63, 3.8) is 0 Å². The predicted octanol–water partition coefficient (Wildman–Crippen LogP) is 4.07. The summed E-state index contributed by atoms with van der Waals surface area (Å²) in [6.07, 6.45) is 8.67. The zero-order valence-corrected chi connectivity index (χ0v) is 13.8. The third-order valence-electron chi connectivity index (χ3n) is 4.56. The first kappa shape index (κ1) is 14.8. The Morgan fingerprint density at radius 3 is 2.90 bits per heavy atom. The summed E-state index contributed by atoms with van der Waals surface area (Å²) in [4.78, 5) is 1.49. The predicted molar refractivity (Wildman–Crippen MR) is 88.4 cm³/mol. The molecule has 0 bridgehead atoms. The minimum Gasteiger partial charge on any atom is -0.305 e. The Morgan fingerprint density at radius 2 is 2.24 bits per heavy atom.